The van der Waals surface area contributed by atoms with Crippen LogP contribution in [-0.4, -0.2) is 47.9 Å². The molecule has 1 saturated heterocycles. The molecule has 2 aliphatic heterocycles. The first-order chi connectivity index (χ1) is 12.3. The van der Waals surface area contributed by atoms with Crippen molar-refractivity contribution in [3.63, 3.8) is 0 Å². The summed E-state index contributed by atoms with van der Waals surface area (Å²) in [5.74, 6) is 1.76. The summed E-state index contributed by atoms with van der Waals surface area (Å²) in [7, 11) is 0. The van der Waals surface area contributed by atoms with Crippen LogP contribution in [-0.2, 0) is 19.5 Å². The van der Waals surface area contributed by atoms with Crippen molar-refractivity contribution in [3.8, 4) is 0 Å². The number of hydrogen-bond acceptors (Lipinski definition) is 4. The highest BCUT2D eigenvalue weighted by Gasteiger charge is 2.32. The summed E-state index contributed by atoms with van der Waals surface area (Å²) in [6.07, 6.45) is 11.9. The highest BCUT2D eigenvalue weighted by molar-refractivity contribution is 5.92. The molecular formula is C18H24N6O. The molecule has 5 rings (SSSR count). The van der Waals surface area contributed by atoms with E-state index in [1.807, 2.05) is 15.8 Å². The summed E-state index contributed by atoms with van der Waals surface area (Å²) in [5.41, 5.74) is 1.72. The lowest BCUT2D eigenvalue weighted by Crippen LogP contribution is -2.38. The lowest BCUT2D eigenvalue weighted by molar-refractivity contribution is 0.0715. The SMILES string of the molecule is O=C(c1cn2c(n1)CCCC2)N1CCC[C@H]1Cn1cc(C2CC2)nn1. The second-order valence-corrected chi connectivity index (χ2v) is 7.63. The van der Waals surface area contributed by atoms with Gasteiger partial charge in [0.25, 0.3) is 5.91 Å². The van der Waals surface area contributed by atoms with Gasteiger partial charge in [-0.2, -0.15) is 0 Å². The smallest absolute Gasteiger partial charge is 0.274 e. The molecule has 132 valence electrons. The molecule has 4 heterocycles. The number of imidazole rings is 1. The maximum absolute atomic E-state index is 13.0. The van der Waals surface area contributed by atoms with Crippen LogP contribution in [0.2, 0.25) is 0 Å². The molecule has 1 saturated carbocycles. The van der Waals surface area contributed by atoms with E-state index < -0.39 is 0 Å². The molecule has 0 unspecified atom stereocenters. The van der Waals surface area contributed by atoms with E-state index in [1.165, 1.54) is 25.7 Å². The minimum Gasteiger partial charge on any atom is -0.334 e. The molecule has 25 heavy (non-hydrogen) atoms. The number of fused-ring (bicyclic) bond motifs is 1. The van der Waals surface area contributed by atoms with Crippen molar-refractivity contribution in [1.82, 2.24) is 29.4 Å². The van der Waals surface area contributed by atoms with Gasteiger partial charge in [-0.25, -0.2) is 4.98 Å². The van der Waals surface area contributed by atoms with Gasteiger partial charge in [0.05, 0.1) is 18.3 Å². The molecule has 1 amide bonds. The van der Waals surface area contributed by atoms with E-state index in [0.29, 0.717) is 11.6 Å². The number of carbonyl (C=O) groups is 1. The Balaban J connectivity index is 1.31. The lowest BCUT2D eigenvalue weighted by atomic mass is 10.2. The van der Waals surface area contributed by atoms with Gasteiger partial charge in [-0.1, -0.05) is 5.21 Å². The van der Waals surface area contributed by atoms with Gasteiger partial charge in [0.1, 0.15) is 11.5 Å². The third-order valence-electron chi connectivity index (χ3n) is 5.72. The predicted octanol–water partition coefficient (Wildman–Crippen LogP) is 1.99. The summed E-state index contributed by atoms with van der Waals surface area (Å²) in [4.78, 5) is 19.6. The first-order valence-corrected chi connectivity index (χ1v) is 9.55. The molecule has 0 bridgehead atoms. The average molecular weight is 340 g/mol. The normalized spacial score (nSPS) is 23.0. The fraction of sp³-hybridized carbons (Fsp3) is 0.667. The first-order valence-electron chi connectivity index (χ1n) is 9.55. The Morgan fingerprint density at radius 2 is 2.04 bits per heavy atom. The van der Waals surface area contributed by atoms with Crippen molar-refractivity contribution < 1.29 is 4.79 Å². The third kappa shape index (κ3) is 2.85. The van der Waals surface area contributed by atoms with Gasteiger partial charge in [0.2, 0.25) is 0 Å². The molecule has 2 fully saturated rings. The highest BCUT2D eigenvalue weighted by Crippen LogP contribution is 2.38. The van der Waals surface area contributed by atoms with Crippen LogP contribution in [0.25, 0.3) is 0 Å². The zero-order chi connectivity index (χ0) is 16.8. The number of hydrogen-bond donors (Lipinski definition) is 0. The molecule has 0 aromatic carbocycles. The second-order valence-electron chi connectivity index (χ2n) is 7.63. The predicted molar refractivity (Wildman–Crippen MR) is 91.2 cm³/mol. The van der Waals surface area contributed by atoms with Crippen LogP contribution < -0.4 is 0 Å². The summed E-state index contributed by atoms with van der Waals surface area (Å²) < 4.78 is 4.07. The maximum atomic E-state index is 13.0. The molecule has 0 radical (unpaired) electrons. The van der Waals surface area contributed by atoms with Crippen molar-refractivity contribution >= 4 is 5.91 Å². The van der Waals surface area contributed by atoms with E-state index in [2.05, 4.69) is 26.1 Å². The molecule has 3 aliphatic rings. The number of amides is 1. The number of carbonyl (C=O) groups excluding carboxylic acids is 1. The largest absolute Gasteiger partial charge is 0.334 e. The van der Waals surface area contributed by atoms with Crippen LogP contribution in [0.15, 0.2) is 12.4 Å². The van der Waals surface area contributed by atoms with Crippen molar-refractivity contribution in [2.75, 3.05) is 6.54 Å². The number of aromatic nitrogens is 5. The van der Waals surface area contributed by atoms with Crippen LogP contribution in [0, 0.1) is 0 Å². The summed E-state index contributed by atoms with van der Waals surface area (Å²) in [5, 5.41) is 8.56. The Morgan fingerprint density at radius 3 is 2.88 bits per heavy atom. The van der Waals surface area contributed by atoms with Gasteiger partial charge < -0.3 is 9.47 Å². The zero-order valence-corrected chi connectivity index (χ0v) is 14.5. The molecule has 0 N–H and O–H groups in total. The number of likely N-dealkylation sites (tertiary alicyclic amines) is 1. The summed E-state index contributed by atoms with van der Waals surface area (Å²) in [6, 6.07) is 0.194. The van der Waals surface area contributed by atoms with Gasteiger partial charge in [0.15, 0.2) is 0 Å². The molecule has 1 atom stereocenters. The lowest BCUT2D eigenvalue weighted by Gasteiger charge is -2.23. The Labute approximate surface area is 147 Å². The molecule has 1 aliphatic carbocycles. The topological polar surface area (TPSA) is 68.8 Å². The van der Waals surface area contributed by atoms with Crippen LogP contribution in [0.1, 0.15) is 66.4 Å². The van der Waals surface area contributed by atoms with Gasteiger partial charge >= 0.3 is 0 Å². The van der Waals surface area contributed by atoms with E-state index in [4.69, 9.17) is 0 Å². The second kappa shape index (κ2) is 5.97. The van der Waals surface area contributed by atoms with Gasteiger partial charge in [-0.05, 0) is 38.5 Å². The van der Waals surface area contributed by atoms with Crippen molar-refractivity contribution in [3.05, 3.63) is 29.6 Å². The van der Waals surface area contributed by atoms with Crippen molar-refractivity contribution in [2.45, 2.75) is 70.0 Å². The van der Waals surface area contributed by atoms with Gasteiger partial charge in [-0.15, -0.1) is 5.10 Å². The maximum Gasteiger partial charge on any atom is 0.274 e. The average Bonchev–Trinajstić information content (AvgIpc) is 3.05. The van der Waals surface area contributed by atoms with E-state index in [9.17, 15) is 4.79 Å². The number of aryl methyl sites for hydroxylation is 2. The van der Waals surface area contributed by atoms with Crippen LogP contribution >= 0.6 is 0 Å². The Kier molecular flexibility index (Phi) is 3.60. The fourth-order valence-electron chi connectivity index (χ4n) is 4.14. The summed E-state index contributed by atoms with van der Waals surface area (Å²) in [6.45, 7) is 2.54. The zero-order valence-electron chi connectivity index (χ0n) is 14.5. The molecule has 7 nitrogen and oxygen atoms in total. The highest BCUT2D eigenvalue weighted by atomic mass is 16.2. The number of nitrogens with zero attached hydrogens (tertiary/aromatic N) is 6. The van der Waals surface area contributed by atoms with E-state index in [-0.39, 0.29) is 11.9 Å². The first kappa shape index (κ1) is 15.1. The Hall–Kier alpha value is -2.18. The molecular weight excluding hydrogens is 316 g/mol. The van der Waals surface area contributed by atoms with Crippen LogP contribution in [0.3, 0.4) is 0 Å². The van der Waals surface area contributed by atoms with Crippen LogP contribution in [0.5, 0.6) is 0 Å². The third-order valence-corrected chi connectivity index (χ3v) is 5.72. The molecule has 0 spiro atoms. The minimum atomic E-state index is 0.0759. The molecule has 2 aromatic heterocycles. The van der Waals surface area contributed by atoms with E-state index in [0.717, 1.165) is 50.4 Å². The number of rotatable bonds is 4. The Bertz CT molecular complexity index is 766. The Morgan fingerprint density at radius 1 is 1.12 bits per heavy atom. The van der Waals surface area contributed by atoms with Crippen LogP contribution in [0.4, 0.5) is 0 Å². The van der Waals surface area contributed by atoms with E-state index in [1.54, 1.807) is 0 Å². The van der Waals surface area contributed by atoms with Crippen molar-refractivity contribution in [1.29, 1.82) is 0 Å². The van der Waals surface area contributed by atoms with E-state index >= 15 is 0 Å². The standard InChI is InChI=1S/C18H24N6O/c25-18(16-11-22-8-2-1-5-17(22)19-16)24-9-3-4-14(24)10-23-12-15(20-21-23)13-6-7-13/h11-14H,1-10H2/t14-/m0/s1. The van der Waals surface area contributed by atoms with Gasteiger partial charge in [0, 0.05) is 37.8 Å². The quantitative estimate of drug-likeness (QED) is 0.853. The monoisotopic (exact) mass is 340 g/mol. The van der Waals surface area contributed by atoms with Gasteiger partial charge in [-0.3, -0.25) is 9.48 Å². The van der Waals surface area contributed by atoms with Crippen molar-refractivity contribution in [2.24, 2.45) is 0 Å². The minimum absolute atomic E-state index is 0.0759. The summed E-state index contributed by atoms with van der Waals surface area (Å²) >= 11 is 0. The molecule has 7 heteroatoms. The molecule has 2 aromatic rings. The fourth-order valence-corrected chi connectivity index (χ4v) is 4.14.